The van der Waals surface area contributed by atoms with Crippen molar-refractivity contribution in [3.8, 4) is 0 Å². The van der Waals surface area contributed by atoms with Crippen LogP contribution in [0, 0.1) is 19.7 Å². The van der Waals surface area contributed by atoms with Crippen LogP contribution in [0.15, 0.2) is 35.3 Å². The molecule has 0 unspecified atom stereocenters. The lowest BCUT2D eigenvalue weighted by molar-refractivity contribution is 0.555. The van der Waals surface area contributed by atoms with Gasteiger partial charge in [-0.3, -0.25) is 9.67 Å². The predicted octanol–water partition coefficient (Wildman–Crippen LogP) is 2.39. The third-order valence-electron chi connectivity index (χ3n) is 3.52. The summed E-state index contributed by atoms with van der Waals surface area (Å²) in [6.45, 7) is 6.26. The average Bonchev–Trinajstić information content (AvgIpc) is 2.84. The molecule has 2 aromatic rings. The van der Waals surface area contributed by atoms with E-state index in [1.165, 1.54) is 17.8 Å². The molecule has 23 heavy (non-hydrogen) atoms. The van der Waals surface area contributed by atoms with Crippen LogP contribution in [0.3, 0.4) is 0 Å². The SMILES string of the molecule is CN=C(NCCCn1nc(C)cc1C)NCc1cccc(F)c1. The van der Waals surface area contributed by atoms with Crippen LogP contribution in [-0.2, 0) is 13.1 Å². The largest absolute Gasteiger partial charge is 0.356 e. The van der Waals surface area contributed by atoms with Crippen molar-refractivity contribution in [2.45, 2.75) is 33.4 Å². The molecule has 1 aromatic carbocycles. The van der Waals surface area contributed by atoms with Gasteiger partial charge < -0.3 is 10.6 Å². The normalized spacial score (nSPS) is 11.6. The van der Waals surface area contributed by atoms with Crippen LogP contribution in [0.5, 0.6) is 0 Å². The first-order valence-electron chi connectivity index (χ1n) is 7.78. The van der Waals surface area contributed by atoms with E-state index in [4.69, 9.17) is 0 Å². The smallest absolute Gasteiger partial charge is 0.191 e. The van der Waals surface area contributed by atoms with E-state index in [0.29, 0.717) is 12.5 Å². The maximum atomic E-state index is 13.1. The molecule has 0 fully saturated rings. The van der Waals surface area contributed by atoms with E-state index >= 15 is 0 Å². The number of aromatic nitrogens is 2. The summed E-state index contributed by atoms with van der Waals surface area (Å²) in [4.78, 5) is 4.17. The molecule has 6 heteroatoms. The van der Waals surface area contributed by atoms with Crippen molar-refractivity contribution in [2.75, 3.05) is 13.6 Å². The quantitative estimate of drug-likeness (QED) is 0.489. The summed E-state index contributed by atoms with van der Waals surface area (Å²) in [5.41, 5.74) is 3.11. The summed E-state index contributed by atoms with van der Waals surface area (Å²) in [7, 11) is 1.72. The molecule has 2 rings (SSSR count). The standard InChI is InChI=1S/C17H24FN5/c1-13-10-14(2)23(22-13)9-5-8-20-17(19-3)21-12-15-6-4-7-16(18)11-15/h4,6-7,10-11H,5,8-9,12H2,1-3H3,(H2,19,20,21). The van der Waals surface area contributed by atoms with Crippen molar-refractivity contribution in [1.29, 1.82) is 0 Å². The number of aliphatic imine (C=N–C) groups is 1. The minimum atomic E-state index is -0.225. The van der Waals surface area contributed by atoms with E-state index in [0.717, 1.165) is 30.8 Å². The lowest BCUT2D eigenvalue weighted by atomic mass is 10.2. The minimum absolute atomic E-state index is 0.225. The molecule has 0 atom stereocenters. The van der Waals surface area contributed by atoms with Crippen LogP contribution in [0.4, 0.5) is 4.39 Å². The molecule has 1 aromatic heterocycles. The first kappa shape index (κ1) is 17.0. The second kappa shape index (κ2) is 8.31. The van der Waals surface area contributed by atoms with E-state index in [1.807, 2.05) is 17.7 Å². The fourth-order valence-corrected chi connectivity index (χ4v) is 2.39. The topological polar surface area (TPSA) is 54.2 Å². The average molecular weight is 317 g/mol. The number of rotatable bonds is 6. The Morgan fingerprint density at radius 3 is 2.74 bits per heavy atom. The Balaban J connectivity index is 1.72. The van der Waals surface area contributed by atoms with Crippen LogP contribution < -0.4 is 10.6 Å². The maximum Gasteiger partial charge on any atom is 0.191 e. The van der Waals surface area contributed by atoms with Crippen molar-refractivity contribution in [3.05, 3.63) is 53.1 Å². The number of guanidine groups is 1. The van der Waals surface area contributed by atoms with Gasteiger partial charge in [0.15, 0.2) is 5.96 Å². The van der Waals surface area contributed by atoms with Gasteiger partial charge in [0.05, 0.1) is 5.69 Å². The summed E-state index contributed by atoms with van der Waals surface area (Å²) >= 11 is 0. The molecular formula is C17H24FN5. The van der Waals surface area contributed by atoms with Crippen LogP contribution in [0.1, 0.15) is 23.4 Å². The number of benzene rings is 1. The number of nitrogens with zero attached hydrogens (tertiary/aromatic N) is 3. The van der Waals surface area contributed by atoms with E-state index in [2.05, 4.69) is 33.7 Å². The van der Waals surface area contributed by atoms with Crippen LogP contribution >= 0.6 is 0 Å². The van der Waals surface area contributed by atoms with Gasteiger partial charge >= 0.3 is 0 Å². The molecule has 0 aliphatic carbocycles. The molecule has 5 nitrogen and oxygen atoms in total. The van der Waals surface area contributed by atoms with E-state index < -0.39 is 0 Å². The second-order valence-electron chi connectivity index (χ2n) is 5.49. The number of aryl methyl sites for hydroxylation is 3. The highest BCUT2D eigenvalue weighted by Gasteiger charge is 2.02. The number of nitrogens with one attached hydrogen (secondary N) is 2. The zero-order chi connectivity index (χ0) is 16.7. The molecule has 0 saturated carbocycles. The Hall–Kier alpha value is -2.37. The van der Waals surface area contributed by atoms with Gasteiger partial charge in [-0.15, -0.1) is 0 Å². The third-order valence-corrected chi connectivity index (χ3v) is 3.52. The molecule has 0 spiro atoms. The molecule has 124 valence electrons. The molecular weight excluding hydrogens is 293 g/mol. The highest BCUT2D eigenvalue weighted by Crippen LogP contribution is 2.03. The first-order valence-corrected chi connectivity index (χ1v) is 7.78. The van der Waals surface area contributed by atoms with Crippen molar-refractivity contribution < 1.29 is 4.39 Å². The van der Waals surface area contributed by atoms with Crippen LogP contribution in [0.2, 0.25) is 0 Å². The van der Waals surface area contributed by atoms with E-state index in [1.54, 1.807) is 13.1 Å². The second-order valence-corrected chi connectivity index (χ2v) is 5.49. The van der Waals surface area contributed by atoms with Crippen molar-refractivity contribution in [3.63, 3.8) is 0 Å². The molecule has 0 bridgehead atoms. The van der Waals surface area contributed by atoms with Gasteiger partial charge in [0.25, 0.3) is 0 Å². The number of hydrogen-bond donors (Lipinski definition) is 2. The zero-order valence-corrected chi connectivity index (χ0v) is 13.9. The summed E-state index contributed by atoms with van der Waals surface area (Å²) in [5, 5.41) is 10.9. The molecule has 0 aliphatic rings. The fourth-order valence-electron chi connectivity index (χ4n) is 2.39. The molecule has 0 radical (unpaired) electrons. The Morgan fingerprint density at radius 1 is 1.26 bits per heavy atom. The highest BCUT2D eigenvalue weighted by molar-refractivity contribution is 5.79. The Kier molecular flexibility index (Phi) is 6.14. The highest BCUT2D eigenvalue weighted by atomic mass is 19.1. The number of hydrogen-bond acceptors (Lipinski definition) is 2. The zero-order valence-electron chi connectivity index (χ0n) is 13.9. The lowest BCUT2D eigenvalue weighted by Crippen LogP contribution is -2.37. The van der Waals surface area contributed by atoms with Gasteiger partial charge in [0.2, 0.25) is 0 Å². The van der Waals surface area contributed by atoms with Gasteiger partial charge in [0.1, 0.15) is 5.82 Å². The molecule has 0 amide bonds. The Bertz CT molecular complexity index is 663. The van der Waals surface area contributed by atoms with Crippen molar-refractivity contribution in [2.24, 2.45) is 4.99 Å². The van der Waals surface area contributed by atoms with Crippen molar-refractivity contribution in [1.82, 2.24) is 20.4 Å². The van der Waals surface area contributed by atoms with E-state index in [9.17, 15) is 4.39 Å². The fraction of sp³-hybridized carbons (Fsp3) is 0.412. The summed E-state index contributed by atoms with van der Waals surface area (Å²) in [5.74, 6) is 0.486. The third kappa shape index (κ3) is 5.39. The Labute approximate surface area is 136 Å². The van der Waals surface area contributed by atoms with E-state index in [-0.39, 0.29) is 5.82 Å². The summed E-state index contributed by atoms with van der Waals surface area (Å²) in [6.07, 6.45) is 0.947. The maximum absolute atomic E-state index is 13.1. The van der Waals surface area contributed by atoms with Gasteiger partial charge in [-0.1, -0.05) is 12.1 Å². The lowest BCUT2D eigenvalue weighted by Gasteiger charge is -2.12. The predicted molar refractivity (Wildman–Crippen MR) is 90.9 cm³/mol. The summed E-state index contributed by atoms with van der Waals surface area (Å²) in [6, 6.07) is 8.62. The monoisotopic (exact) mass is 317 g/mol. The molecule has 1 heterocycles. The molecule has 2 N–H and O–H groups in total. The van der Waals surface area contributed by atoms with Gasteiger partial charge in [0, 0.05) is 32.4 Å². The van der Waals surface area contributed by atoms with Crippen LogP contribution in [-0.4, -0.2) is 29.3 Å². The first-order chi connectivity index (χ1) is 11.1. The van der Waals surface area contributed by atoms with Crippen molar-refractivity contribution >= 4 is 5.96 Å². The molecule has 0 aliphatic heterocycles. The van der Waals surface area contributed by atoms with Gasteiger partial charge in [-0.25, -0.2) is 4.39 Å². The molecule has 0 saturated heterocycles. The summed E-state index contributed by atoms with van der Waals surface area (Å²) < 4.78 is 15.1. The Morgan fingerprint density at radius 2 is 2.09 bits per heavy atom. The number of halogens is 1. The minimum Gasteiger partial charge on any atom is -0.356 e. The van der Waals surface area contributed by atoms with Gasteiger partial charge in [-0.05, 0) is 44.0 Å². The van der Waals surface area contributed by atoms with Gasteiger partial charge in [-0.2, -0.15) is 5.10 Å². The van der Waals surface area contributed by atoms with Crippen LogP contribution in [0.25, 0.3) is 0 Å².